The van der Waals surface area contributed by atoms with Crippen LogP contribution in [0.3, 0.4) is 0 Å². The van der Waals surface area contributed by atoms with Crippen molar-refractivity contribution in [2.45, 2.75) is 0 Å². The van der Waals surface area contributed by atoms with Crippen molar-refractivity contribution in [2.24, 2.45) is 0 Å². The molecule has 0 unspecified atom stereocenters. The summed E-state index contributed by atoms with van der Waals surface area (Å²) in [5.74, 6) is 8.78. The van der Waals surface area contributed by atoms with Gasteiger partial charge in [-0.1, -0.05) is 352 Å². The van der Waals surface area contributed by atoms with E-state index in [0.29, 0.717) is 56.4 Å². The van der Waals surface area contributed by atoms with Crippen LogP contribution in [-0.4, -0.2) is 17.3 Å². The molecule has 3 aliphatic rings. The fourth-order valence-electron chi connectivity index (χ4n) is 15.6. The zero-order valence-corrected chi connectivity index (χ0v) is 60.8. The van der Waals surface area contributed by atoms with E-state index in [1.54, 1.807) is 0 Å². The van der Waals surface area contributed by atoms with Gasteiger partial charge in [-0.05, 0) is 162 Å². The quantitative estimate of drug-likeness (QED) is 0.0801. The summed E-state index contributed by atoms with van der Waals surface area (Å²) in [6, 6.07) is 137. The molecule has 0 N–H and O–H groups in total. The Balaban J connectivity index is 0.679. The molecule has 0 aliphatic heterocycles. The maximum atomic E-state index is 15.8. The van der Waals surface area contributed by atoms with Crippen molar-refractivity contribution >= 4 is 84.2 Å². The fourth-order valence-corrected chi connectivity index (χ4v) is 15.6. The lowest BCUT2D eigenvalue weighted by Crippen LogP contribution is -2.02. The first kappa shape index (κ1) is 68.7. The molecule has 0 radical (unpaired) electrons. The van der Waals surface area contributed by atoms with Crippen LogP contribution in [0.4, 0.5) is 0 Å². The summed E-state index contributed by atoms with van der Waals surface area (Å²) in [6.45, 7) is 0. The molecule has 0 fully saturated rings. The normalized spacial score (nSPS) is 13.5. The highest BCUT2D eigenvalue weighted by atomic mass is 16.5. The van der Waals surface area contributed by atoms with Crippen LogP contribution in [0.1, 0.15) is 77.9 Å². The molecule has 3 aliphatic carbocycles. The minimum Gasteiger partial charge on any atom is -0.457 e. The van der Waals surface area contributed by atoms with Crippen molar-refractivity contribution in [3.05, 3.63) is 490 Å². The third-order valence-corrected chi connectivity index (χ3v) is 20.8. The van der Waals surface area contributed by atoms with Gasteiger partial charge in [0.05, 0.1) is 0 Å². The van der Waals surface area contributed by atoms with Gasteiger partial charge in [-0.15, -0.1) is 0 Å². The third kappa shape index (κ3) is 13.6. The summed E-state index contributed by atoms with van der Waals surface area (Å²) in [5.41, 5.74) is 24.9. The number of carbonyl (C=O) groups excluding carboxylic acids is 3. The van der Waals surface area contributed by atoms with Gasteiger partial charge in [0.15, 0.2) is 17.3 Å². The van der Waals surface area contributed by atoms with Crippen LogP contribution < -0.4 is 9.47 Å². The monoisotopic (exact) mass is 1430 g/mol. The Morgan fingerprint density at radius 2 is 0.277 bits per heavy atom. The largest absolute Gasteiger partial charge is 0.457 e. The molecule has 0 amide bonds. The molecule has 15 aromatic carbocycles. The second kappa shape index (κ2) is 30.6. The highest BCUT2D eigenvalue weighted by molar-refractivity contribution is 6.61. The Morgan fingerprint density at radius 1 is 0.134 bits per heavy atom. The third-order valence-electron chi connectivity index (χ3n) is 20.8. The van der Waals surface area contributed by atoms with E-state index in [-0.39, 0.29) is 17.3 Å². The standard InChI is InChI=1S/C107H68O5/c108-105-99(79-35-19-6-20-36-79)93(77-31-15-4-16-32-77)96(103(105)87-51-47-75(48-52-87)73-27-11-2-12-28-73)83-57-65-90(66-58-83)112-91-67-59-84(60-68-91)97-98(104(107(110)101(97)81-39-23-8-24-40-81)88-53-49-76(50-54-88)74-29-13-3-14-30-74)85-61-69-92(70-62-85)111-89-63-55-82(56-64-89)95-94(78-33-17-5-18-34-78)102(106(109)100(95)80-37-21-7-22-38-80)86-45-43-72(44-46-86)42-41-71-25-9-1-10-26-71/h1-40,43-70H. The van der Waals surface area contributed by atoms with Crippen molar-refractivity contribution in [1.29, 1.82) is 0 Å². The highest BCUT2D eigenvalue weighted by Gasteiger charge is 2.39. The number of benzene rings is 15. The van der Waals surface area contributed by atoms with E-state index in [2.05, 4.69) is 109 Å². The van der Waals surface area contributed by atoms with Gasteiger partial charge in [-0.25, -0.2) is 0 Å². The summed E-state index contributed by atoms with van der Waals surface area (Å²) >= 11 is 0. The summed E-state index contributed by atoms with van der Waals surface area (Å²) in [4.78, 5) is 46.5. The molecule has 5 heteroatoms. The lowest BCUT2D eigenvalue weighted by atomic mass is 9.89. The average molecular weight is 1430 g/mol. The number of hydrogen-bond acceptors (Lipinski definition) is 5. The van der Waals surface area contributed by atoms with Gasteiger partial charge in [0.25, 0.3) is 0 Å². The lowest BCUT2D eigenvalue weighted by molar-refractivity contribution is -0.109. The fraction of sp³-hybridized carbons (Fsp3) is 0. The lowest BCUT2D eigenvalue weighted by Gasteiger charge is -2.16. The average Bonchev–Trinajstić information content (AvgIpc) is 1.60. The zero-order chi connectivity index (χ0) is 75.3. The zero-order valence-electron chi connectivity index (χ0n) is 60.8. The first-order chi connectivity index (χ1) is 55.3. The molecule has 18 rings (SSSR count). The molecule has 0 saturated carbocycles. The summed E-state index contributed by atoms with van der Waals surface area (Å²) < 4.78 is 13.5. The smallest absolute Gasteiger partial charge is 0.195 e. The van der Waals surface area contributed by atoms with Crippen molar-refractivity contribution in [1.82, 2.24) is 0 Å². The van der Waals surface area contributed by atoms with Gasteiger partial charge >= 0.3 is 0 Å². The number of carbonyl (C=O) groups is 3. The van der Waals surface area contributed by atoms with Crippen LogP contribution >= 0.6 is 0 Å². The molecule has 526 valence electrons. The first-order valence-electron chi connectivity index (χ1n) is 37.5. The number of ether oxygens (including phenoxy) is 2. The van der Waals surface area contributed by atoms with E-state index in [4.69, 9.17) is 9.47 Å². The van der Waals surface area contributed by atoms with Crippen molar-refractivity contribution in [3.63, 3.8) is 0 Å². The van der Waals surface area contributed by atoms with E-state index in [0.717, 1.165) is 134 Å². The van der Waals surface area contributed by atoms with Crippen LogP contribution in [0.5, 0.6) is 23.0 Å². The number of allylic oxidation sites excluding steroid dienone is 12. The Morgan fingerprint density at radius 3 is 0.509 bits per heavy atom. The molecule has 0 atom stereocenters. The van der Waals surface area contributed by atoms with Gasteiger partial charge in [0.2, 0.25) is 0 Å². The van der Waals surface area contributed by atoms with Crippen molar-refractivity contribution in [3.8, 4) is 57.1 Å². The molecule has 5 nitrogen and oxygen atoms in total. The van der Waals surface area contributed by atoms with Crippen LogP contribution in [0.2, 0.25) is 0 Å². The first-order valence-corrected chi connectivity index (χ1v) is 37.5. The summed E-state index contributed by atoms with van der Waals surface area (Å²) in [6.07, 6.45) is 0. The number of hydrogen-bond donors (Lipinski definition) is 0. The van der Waals surface area contributed by atoms with Crippen LogP contribution in [0.15, 0.2) is 413 Å². The van der Waals surface area contributed by atoms with Gasteiger partial charge in [0, 0.05) is 78.0 Å². The van der Waals surface area contributed by atoms with Crippen LogP contribution in [0.25, 0.3) is 89.1 Å². The van der Waals surface area contributed by atoms with Crippen LogP contribution in [-0.2, 0) is 14.4 Å². The maximum Gasteiger partial charge on any atom is 0.195 e. The Labute approximate surface area is 651 Å². The topological polar surface area (TPSA) is 69.7 Å². The minimum atomic E-state index is -0.0914. The minimum absolute atomic E-state index is 0.0364. The molecular formula is C107H68O5. The summed E-state index contributed by atoms with van der Waals surface area (Å²) in [7, 11) is 0. The molecular weight excluding hydrogens is 1370 g/mol. The SMILES string of the molecule is O=C1C(c2ccc(C#Cc3ccccc3)cc2)=C(c2ccccc2)C(c2ccc(Oc3ccc(C4=C(c5ccc(-c6ccccc6)cc5)C(=O)C(c5ccccc5)=C4c4ccc(Oc5ccc(C6=C(c7ccc(-c8ccccc8)cc7)C(=O)C(c7ccccc7)=C6c6ccccc6)cc5)cc4)cc3)cc2)=C1c1ccccc1. The molecule has 0 aromatic heterocycles. The maximum absolute atomic E-state index is 15.8. The number of ketones is 3. The predicted molar refractivity (Wildman–Crippen MR) is 457 cm³/mol. The van der Waals surface area contributed by atoms with Gasteiger partial charge in [-0.3, -0.25) is 14.4 Å². The number of Topliss-reactive ketones (excluding diaryl/α,β-unsaturated/α-hetero) is 3. The van der Waals surface area contributed by atoms with Crippen molar-refractivity contribution in [2.75, 3.05) is 0 Å². The van der Waals surface area contributed by atoms with Gasteiger partial charge in [0.1, 0.15) is 23.0 Å². The second-order valence-electron chi connectivity index (χ2n) is 27.7. The van der Waals surface area contributed by atoms with Crippen molar-refractivity contribution < 1.29 is 23.9 Å². The molecule has 112 heavy (non-hydrogen) atoms. The number of rotatable bonds is 18. The van der Waals surface area contributed by atoms with E-state index in [9.17, 15) is 0 Å². The van der Waals surface area contributed by atoms with Gasteiger partial charge < -0.3 is 9.47 Å². The Bertz CT molecular complexity index is 6350. The van der Waals surface area contributed by atoms with E-state index in [1.807, 2.05) is 315 Å². The van der Waals surface area contributed by atoms with E-state index in [1.165, 1.54) is 0 Å². The highest BCUT2D eigenvalue weighted by Crippen LogP contribution is 2.54. The van der Waals surface area contributed by atoms with E-state index < -0.39 is 0 Å². The predicted octanol–water partition coefficient (Wildman–Crippen LogP) is 25.3. The molecule has 0 heterocycles. The molecule has 0 saturated heterocycles. The second-order valence-corrected chi connectivity index (χ2v) is 27.7. The molecule has 0 spiro atoms. The molecule has 0 bridgehead atoms. The van der Waals surface area contributed by atoms with Gasteiger partial charge in [-0.2, -0.15) is 0 Å². The van der Waals surface area contributed by atoms with E-state index >= 15 is 14.4 Å². The van der Waals surface area contributed by atoms with Crippen LogP contribution in [0, 0.1) is 11.8 Å². The molecule has 15 aromatic rings. The Kier molecular flexibility index (Phi) is 18.8. The Hall–Kier alpha value is -15.1. The summed E-state index contributed by atoms with van der Waals surface area (Å²) in [5, 5.41) is 0.